The van der Waals surface area contributed by atoms with Crippen molar-refractivity contribution in [2.75, 3.05) is 45.8 Å². The minimum Gasteiger partial charge on any atom is -0.389 e. The number of nitrogens with two attached hydrogens (primary N) is 1. The van der Waals surface area contributed by atoms with Gasteiger partial charge in [-0.2, -0.15) is 0 Å². The maximum atomic E-state index is 9.83. The first kappa shape index (κ1) is 16.9. The molecule has 1 atom stereocenters. The molecule has 1 aliphatic rings. The van der Waals surface area contributed by atoms with Crippen molar-refractivity contribution in [3.8, 4) is 0 Å². The third-order valence-corrected chi connectivity index (χ3v) is 3.97. The second-order valence-corrected chi connectivity index (χ2v) is 6.69. The molecular weight excluding hydrogens is 238 g/mol. The normalized spacial score (nSPS) is 21.8. The van der Waals surface area contributed by atoms with Crippen LogP contribution in [0.4, 0.5) is 0 Å². The zero-order valence-electron chi connectivity index (χ0n) is 13.1. The van der Waals surface area contributed by atoms with Gasteiger partial charge in [0, 0.05) is 39.3 Å². The largest absolute Gasteiger partial charge is 0.389 e. The molecule has 3 N–H and O–H groups in total. The van der Waals surface area contributed by atoms with Gasteiger partial charge in [0.1, 0.15) is 0 Å². The van der Waals surface area contributed by atoms with Gasteiger partial charge in [-0.25, -0.2) is 0 Å². The van der Waals surface area contributed by atoms with Crippen molar-refractivity contribution in [3.63, 3.8) is 0 Å². The maximum absolute atomic E-state index is 9.83. The average molecular weight is 271 g/mol. The van der Waals surface area contributed by atoms with Crippen LogP contribution in [0.1, 0.15) is 40.0 Å². The first-order chi connectivity index (χ1) is 8.93. The summed E-state index contributed by atoms with van der Waals surface area (Å²) < 4.78 is 0. The fourth-order valence-electron chi connectivity index (χ4n) is 2.66. The lowest BCUT2D eigenvalue weighted by molar-refractivity contribution is 0.0552. The van der Waals surface area contributed by atoms with Crippen molar-refractivity contribution in [3.05, 3.63) is 0 Å². The number of rotatable bonds is 8. The van der Waals surface area contributed by atoms with Crippen LogP contribution < -0.4 is 5.73 Å². The highest BCUT2D eigenvalue weighted by Crippen LogP contribution is 2.13. The van der Waals surface area contributed by atoms with Gasteiger partial charge < -0.3 is 20.6 Å². The van der Waals surface area contributed by atoms with E-state index in [1.165, 1.54) is 39.1 Å². The fraction of sp³-hybridized carbons (Fsp3) is 1.00. The maximum Gasteiger partial charge on any atom is 0.0741 e. The van der Waals surface area contributed by atoms with Gasteiger partial charge in [0.15, 0.2) is 0 Å². The lowest BCUT2D eigenvalue weighted by Gasteiger charge is -2.35. The van der Waals surface area contributed by atoms with E-state index in [0.29, 0.717) is 6.54 Å². The van der Waals surface area contributed by atoms with E-state index in [4.69, 9.17) is 5.73 Å². The van der Waals surface area contributed by atoms with Crippen LogP contribution in [0.15, 0.2) is 0 Å². The van der Waals surface area contributed by atoms with E-state index in [-0.39, 0.29) is 0 Å². The molecule has 1 fully saturated rings. The standard InChI is InChI=1S/C15H33N3O/c1-14(2)12-18-10-8-17(9-11-18)7-5-4-6-15(3,19)13-16/h14,19H,4-13,16H2,1-3H3. The molecule has 0 aromatic heterocycles. The van der Waals surface area contributed by atoms with Crippen molar-refractivity contribution in [1.29, 1.82) is 0 Å². The van der Waals surface area contributed by atoms with Gasteiger partial charge >= 0.3 is 0 Å². The molecular formula is C15H33N3O. The summed E-state index contributed by atoms with van der Waals surface area (Å²) in [7, 11) is 0. The predicted octanol–water partition coefficient (Wildman–Crippen LogP) is 1.14. The molecule has 0 amide bonds. The smallest absolute Gasteiger partial charge is 0.0741 e. The summed E-state index contributed by atoms with van der Waals surface area (Å²) in [6, 6.07) is 0. The Morgan fingerprint density at radius 2 is 1.68 bits per heavy atom. The van der Waals surface area contributed by atoms with Crippen LogP contribution >= 0.6 is 0 Å². The highest BCUT2D eigenvalue weighted by atomic mass is 16.3. The molecule has 0 aromatic carbocycles. The molecule has 0 aliphatic carbocycles. The molecule has 1 heterocycles. The summed E-state index contributed by atoms with van der Waals surface area (Å²) in [6.07, 6.45) is 3.05. The molecule has 4 nitrogen and oxygen atoms in total. The molecule has 0 spiro atoms. The monoisotopic (exact) mass is 271 g/mol. The second kappa shape index (κ2) is 8.20. The summed E-state index contributed by atoms with van der Waals surface area (Å²) in [5, 5.41) is 9.83. The Kier molecular flexibility index (Phi) is 7.29. The van der Waals surface area contributed by atoms with Crippen LogP contribution in [0, 0.1) is 5.92 Å². The number of hydrogen-bond donors (Lipinski definition) is 2. The lowest BCUT2D eigenvalue weighted by Crippen LogP contribution is -2.47. The Labute approximate surface area is 118 Å². The lowest BCUT2D eigenvalue weighted by atomic mass is 9.99. The van der Waals surface area contributed by atoms with Crippen LogP contribution in [0.2, 0.25) is 0 Å². The van der Waals surface area contributed by atoms with Gasteiger partial charge in [0.2, 0.25) is 0 Å². The van der Waals surface area contributed by atoms with E-state index in [9.17, 15) is 5.11 Å². The molecule has 1 aliphatic heterocycles. The second-order valence-electron chi connectivity index (χ2n) is 6.69. The zero-order chi connectivity index (χ0) is 14.3. The minimum atomic E-state index is -0.671. The molecule has 4 heteroatoms. The average Bonchev–Trinajstić information content (AvgIpc) is 2.36. The molecule has 0 saturated carbocycles. The van der Waals surface area contributed by atoms with Gasteiger partial charge in [0.25, 0.3) is 0 Å². The molecule has 19 heavy (non-hydrogen) atoms. The van der Waals surface area contributed by atoms with Gasteiger partial charge in [-0.15, -0.1) is 0 Å². The van der Waals surface area contributed by atoms with Crippen LogP contribution in [-0.2, 0) is 0 Å². The summed E-state index contributed by atoms with van der Waals surface area (Å²) in [6.45, 7) is 14.0. The van der Waals surface area contributed by atoms with Gasteiger partial charge in [-0.1, -0.05) is 13.8 Å². The number of nitrogens with zero attached hydrogens (tertiary/aromatic N) is 2. The fourth-order valence-corrected chi connectivity index (χ4v) is 2.66. The van der Waals surface area contributed by atoms with Crippen molar-refractivity contribution >= 4 is 0 Å². The Hall–Kier alpha value is -0.160. The van der Waals surface area contributed by atoms with Crippen molar-refractivity contribution in [1.82, 2.24) is 9.80 Å². The van der Waals surface area contributed by atoms with E-state index in [1.54, 1.807) is 0 Å². The topological polar surface area (TPSA) is 52.7 Å². The molecule has 1 unspecified atom stereocenters. The Morgan fingerprint density at radius 1 is 1.11 bits per heavy atom. The van der Waals surface area contributed by atoms with Gasteiger partial charge in [-0.3, -0.25) is 0 Å². The third-order valence-electron chi connectivity index (χ3n) is 3.97. The van der Waals surface area contributed by atoms with E-state index < -0.39 is 5.60 Å². The summed E-state index contributed by atoms with van der Waals surface area (Å²) in [5.74, 6) is 0.769. The van der Waals surface area contributed by atoms with Crippen LogP contribution in [0.25, 0.3) is 0 Å². The summed E-state index contributed by atoms with van der Waals surface area (Å²) >= 11 is 0. The van der Waals surface area contributed by atoms with Crippen LogP contribution in [0.5, 0.6) is 0 Å². The highest BCUT2D eigenvalue weighted by molar-refractivity contribution is 4.75. The number of aliphatic hydroxyl groups is 1. The number of piperazine rings is 1. The number of hydrogen-bond acceptors (Lipinski definition) is 4. The van der Waals surface area contributed by atoms with Crippen molar-refractivity contribution < 1.29 is 5.11 Å². The Balaban J connectivity index is 2.07. The Morgan fingerprint density at radius 3 is 2.21 bits per heavy atom. The molecule has 0 bridgehead atoms. The molecule has 1 saturated heterocycles. The molecule has 0 aromatic rings. The van der Waals surface area contributed by atoms with Gasteiger partial charge in [0.05, 0.1) is 5.60 Å². The predicted molar refractivity (Wildman–Crippen MR) is 81.2 cm³/mol. The van der Waals surface area contributed by atoms with E-state index in [0.717, 1.165) is 25.3 Å². The summed E-state index contributed by atoms with van der Waals surface area (Å²) in [4.78, 5) is 5.12. The van der Waals surface area contributed by atoms with Crippen molar-refractivity contribution in [2.45, 2.75) is 45.6 Å². The van der Waals surface area contributed by atoms with E-state index in [2.05, 4.69) is 23.6 Å². The highest BCUT2D eigenvalue weighted by Gasteiger charge is 2.19. The quantitative estimate of drug-likeness (QED) is 0.650. The minimum absolute atomic E-state index is 0.362. The zero-order valence-corrected chi connectivity index (χ0v) is 13.1. The molecule has 0 radical (unpaired) electrons. The molecule has 1 rings (SSSR count). The first-order valence-electron chi connectivity index (χ1n) is 7.80. The number of unbranched alkanes of at least 4 members (excludes halogenated alkanes) is 1. The van der Waals surface area contributed by atoms with Crippen LogP contribution in [-0.4, -0.2) is 66.3 Å². The SMILES string of the molecule is CC(C)CN1CCN(CCCCC(C)(O)CN)CC1. The van der Waals surface area contributed by atoms with Crippen molar-refractivity contribution in [2.24, 2.45) is 11.7 Å². The third kappa shape index (κ3) is 7.25. The first-order valence-corrected chi connectivity index (χ1v) is 7.80. The van der Waals surface area contributed by atoms with Crippen LogP contribution in [0.3, 0.4) is 0 Å². The van der Waals surface area contributed by atoms with E-state index >= 15 is 0 Å². The molecule has 114 valence electrons. The Bertz CT molecular complexity index is 236. The summed E-state index contributed by atoms with van der Waals surface area (Å²) in [5.41, 5.74) is 4.85. The van der Waals surface area contributed by atoms with Gasteiger partial charge in [-0.05, 0) is 38.6 Å². The van der Waals surface area contributed by atoms with E-state index in [1.807, 2.05) is 6.92 Å².